The van der Waals surface area contributed by atoms with Crippen molar-refractivity contribution in [1.29, 1.82) is 0 Å². The van der Waals surface area contributed by atoms with E-state index in [-0.39, 0.29) is 12.5 Å². The molecule has 4 N–H and O–H groups in total. The van der Waals surface area contributed by atoms with Crippen molar-refractivity contribution in [2.24, 2.45) is 5.92 Å². The molecule has 0 aromatic carbocycles. The first-order chi connectivity index (χ1) is 8.00. The monoisotopic (exact) mass is 242 g/mol. The quantitative estimate of drug-likeness (QED) is 0.529. The third-order valence-corrected chi connectivity index (χ3v) is 2.02. The number of carboxylic acid groups (broad SMARTS) is 1. The fourth-order valence-corrected chi connectivity index (χ4v) is 1.12. The van der Waals surface area contributed by atoms with E-state index in [1.807, 2.05) is 0 Å². The number of urea groups is 1. The Bertz CT molecular complexity index is 377. The van der Waals surface area contributed by atoms with Gasteiger partial charge in [-0.1, -0.05) is 19.1 Å². The maximum atomic E-state index is 11.4. The minimum absolute atomic E-state index is 0.0762. The Labute approximate surface area is 97.0 Å². The summed E-state index contributed by atoms with van der Waals surface area (Å²) in [5.74, 6) is -0.963. The van der Waals surface area contributed by atoms with Crippen LogP contribution in [0.4, 0.5) is 4.79 Å². The van der Waals surface area contributed by atoms with Gasteiger partial charge in [-0.05, 0) is 5.92 Å². The minimum Gasteiger partial charge on any atom is -0.480 e. The second kappa shape index (κ2) is 5.77. The normalized spacial score (nSPS) is 12.2. The second-order valence-corrected chi connectivity index (χ2v) is 3.71. The maximum absolute atomic E-state index is 11.4. The molecule has 0 saturated carbocycles. The van der Waals surface area contributed by atoms with Gasteiger partial charge in [-0.15, -0.1) is 10.2 Å². The summed E-state index contributed by atoms with van der Waals surface area (Å²) >= 11 is 0. The average Bonchev–Trinajstić information content (AvgIpc) is 2.74. The molecule has 1 heterocycles. The number of aromatic amines is 1. The summed E-state index contributed by atoms with van der Waals surface area (Å²) in [6.45, 7) is 3.49. The van der Waals surface area contributed by atoms with Gasteiger partial charge in [0.25, 0.3) is 0 Å². The topological polar surface area (TPSA) is 133 Å². The van der Waals surface area contributed by atoms with Gasteiger partial charge in [-0.2, -0.15) is 5.21 Å². The number of amides is 2. The van der Waals surface area contributed by atoms with Gasteiger partial charge < -0.3 is 15.7 Å². The molecule has 0 aliphatic carbocycles. The van der Waals surface area contributed by atoms with Crippen LogP contribution in [0.2, 0.25) is 0 Å². The highest BCUT2D eigenvalue weighted by Crippen LogP contribution is 2.01. The zero-order valence-electron chi connectivity index (χ0n) is 9.47. The number of nitrogens with zero attached hydrogens (tertiary/aromatic N) is 3. The molecule has 0 saturated heterocycles. The predicted octanol–water partition coefficient (Wildman–Crippen LogP) is -0.892. The van der Waals surface area contributed by atoms with Crippen molar-refractivity contribution in [2.75, 3.05) is 0 Å². The summed E-state index contributed by atoms with van der Waals surface area (Å²) in [5.41, 5.74) is 0. The zero-order valence-corrected chi connectivity index (χ0v) is 9.47. The van der Waals surface area contributed by atoms with E-state index in [1.165, 1.54) is 0 Å². The number of carbonyl (C=O) groups excluding carboxylic acids is 1. The lowest BCUT2D eigenvalue weighted by Crippen LogP contribution is -2.48. The summed E-state index contributed by atoms with van der Waals surface area (Å²) in [4.78, 5) is 22.2. The molecule has 0 aliphatic rings. The number of nitrogens with one attached hydrogen (secondary N) is 3. The number of aliphatic carboxylic acids is 1. The summed E-state index contributed by atoms with van der Waals surface area (Å²) in [5, 5.41) is 26.4. The second-order valence-electron chi connectivity index (χ2n) is 3.71. The van der Waals surface area contributed by atoms with Crippen LogP contribution in [-0.4, -0.2) is 43.8 Å². The van der Waals surface area contributed by atoms with Crippen molar-refractivity contribution in [1.82, 2.24) is 31.3 Å². The molecule has 0 spiro atoms. The first kappa shape index (κ1) is 12.9. The molecular weight excluding hydrogens is 228 g/mol. The Morgan fingerprint density at radius 1 is 1.47 bits per heavy atom. The van der Waals surface area contributed by atoms with Gasteiger partial charge in [-0.25, -0.2) is 9.59 Å². The van der Waals surface area contributed by atoms with E-state index in [0.717, 1.165) is 0 Å². The van der Waals surface area contributed by atoms with Crippen LogP contribution in [0.1, 0.15) is 19.7 Å². The van der Waals surface area contributed by atoms with Crippen LogP contribution >= 0.6 is 0 Å². The molecule has 0 fully saturated rings. The van der Waals surface area contributed by atoms with Gasteiger partial charge in [0.1, 0.15) is 6.04 Å². The standard InChI is InChI=1S/C8H14N6O3/c1-4(2)6(7(15)16)10-8(17)9-3-5-11-13-14-12-5/h4,6H,3H2,1-2H3,(H,15,16)(H2,9,10,17)(H,11,12,13,14). The third-order valence-electron chi connectivity index (χ3n) is 2.02. The van der Waals surface area contributed by atoms with Gasteiger partial charge >= 0.3 is 12.0 Å². The summed E-state index contributed by atoms with van der Waals surface area (Å²) < 4.78 is 0. The van der Waals surface area contributed by atoms with Gasteiger partial charge in [0.05, 0.1) is 6.54 Å². The molecule has 17 heavy (non-hydrogen) atoms. The number of aromatic nitrogens is 4. The van der Waals surface area contributed by atoms with E-state index in [9.17, 15) is 9.59 Å². The SMILES string of the molecule is CC(C)C(NC(=O)NCc1nn[nH]n1)C(=O)O. The Hall–Kier alpha value is -2.19. The van der Waals surface area contributed by atoms with Crippen LogP contribution in [0.15, 0.2) is 0 Å². The number of tetrazole rings is 1. The van der Waals surface area contributed by atoms with E-state index in [0.29, 0.717) is 5.82 Å². The van der Waals surface area contributed by atoms with E-state index >= 15 is 0 Å². The summed E-state index contributed by atoms with van der Waals surface area (Å²) in [6.07, 6.45) is 0. The molecule has 9 heteroatoms. The average molecular weight is 242 g/mol. The molecule has 1 aromatic rings. The summed E-state index contributed by atoms with van der Waals surface area (Å²) in [7, 11) is 0. The molecule has 94 valence electrons. The molecular formula is C8H14N6O3. The van der Waals surface area contributed by atoms with E-state index in [2.05, 4.69) is 31.3 Å². The number of carbonyl (C=O) groups is 2. The number of hydrogen-bond acceptors (Lipinski definition) is 5. The van der Waals surface area contributed by atoms with Crippen molar-refractivity contribution >= 4 is 12.0 Å². The molecule has 0 radical (unpaired) electrons. The Kier molecular flexibility index (Phi) is 4.37. The third kappa shape index (κ3) is 4.05. The van der Waals surface area contributed by atoms with Crippen molar-refractivity contribution < 1.29 is 14.7 Å². The molecule has 1 aromatic heterocycles. The highest BCUT2D eigenvalue weighted by Gasteiger charge is 2.23. The molecule has 1 rings (SSSR count). The minimum atomic E-state index is -1.07. The first-order valence-corrected chi connectivity index (χ1v) is 5.00. The number of hydrogen-bond donors (Lipinski definition) is 4. The number of H-pyrrole nitrogens is 1. The van der Waals surface area contributed by atoms with Crippen LogP contribution < -0.4 is 10.6 Å². The number of rotatable bonds is 5. The van der Waals surface area contributed by atoms with Crippen molar-refractivity contribution in [2.45, 2.75) is 26.4 Å². The van der Waals surface area contributed by atoms with E-state index in [4.69, 9.17) is 5.11 Å². The fraction of sp³-hybridized carbons (Fsp3) is 0.625. The van der Waals surface area contributed by atoms with Crippen molar-refractivity contribution in [3.63, 3.8) is 0 Å². The first-order valence-electron chi connectivity index (χ1n) is 5.00. The molecule has 0 aliphatic heterocycles. The highest BCUT2D eigenvalue weighted by molar-refractivity contribution is 5.82. The Morgan fingerprint density at radius 3 is 2.65 bits per heavy atom. The largest absolute Gasteiger partial charge is 0.480 e. The van der Waals surface area contributed by atoms with Gasteiger partial charge in [0, 0.05) is 0 Å². The molecule has 9 nitrogen and oxygen atoms in total. The van der Waals surface area contributed by atoms with Crippen molar-refractivity contribution in [3.05, 3.63) is 5.82 Å². The van der Waals surface area contributed by atoms with Gasteiger partial charge in [0.15, 0.2) is 5.82 Å². The highest BCUT2D eigenvalue weighted by atomic mass is 16.4. The lowest BCUT2D eigenvalue weighted by molar-refractivity contribution is -0.140. The van der Waals surface area contributed by atoms with E-state index in [1.54, 1.807) is 13.8 Å². The van der Waals surface area contributed by atoms with Gasteiger partial charge in [0.2, 0.25) is 0 Å². The predicted molar refractivity (Wildman–Crippen MR) is 55.8 cm³/mol. The fourth-order valence-electron chi connectivity index (χ4n) is 1.12. The maximum Gasteiger partial charge on any atom is 0.326 e. The van der Waals surface area contributed by atoms with Crippen LogP contribution in [0.25, 0.3) is 0 Å². The molecule has 1 atom stereocenters. The lowest BCUT2D eigenvalue weighted by atomic mass is 10.1. The van der Waals surface area contributed by atoms with E-state index < -0.39 is 18.0 Å². The lowest BCUT2D eigenvalue weighted by Gasteiger charge is -2.17. The molecule has 1 unspecified atom stereocenters. The zero-order chi connectivity index (χ0) is 12.8. The molecule has 0 bridgehead atoms. The Morgan fingerprint density at radius 2 is 2.18 bits per heavy atom. The van der Waals surface area contributed by atoms with Crippen LogP contribution in [-0.2, 0) is 11.3 Å². The number of carboxylic acids is 1. The Balaban J connectivity index is 2.40. The summed E-state index contributed by atoms with van der Waals surface area (Å²) in [6, 6.07) is -1.52. The smallest absolute Gasteiger partial charge is 0.326 e. The molecule has 2 amide bonds. The van der Waals surface area contributed by atoms with Crippen molar-refractivity contribution in [3.8, 4) is 0 Å². The van der Waals surface area contributed by atoms with Crippen LogP contribution in [0, 0.1) is 5.92 Å². The van der Waals surface area contributed by atoms with Crippen LogP contribution in [0.5, 0.6) is 0 Å². The van der Waals surface area contributed by atoms with Gasteiger partial charge in [-0.3, -0.25) is 0 Å². The van der Waals surface area contributed by atoms with Crippen LogP contribution in [0.3, 0.4) is 0 Å².